The number of ether oxygens (including phenoxy) is 2. The van der Waals surface area contributed by atoms with Crippen molar-refractivity contribution in [3.8, 4) is 17.6 Å². The molecule has 1 N–H and O–H groups in total. The molecule has 0 saturated carbocycles. The number of amides is 1. The van der Waals surface area contributed by atoms with Crippen LogP contribution in [0.1, 0.15) is 18.4 Å². The molecule has 2 aromatic rings. The normalized spacial score (nSPS) is 19.4. The van der Waals surface area contributed by atoms with E-state index in [1.165, 1.54) is 28.6 Å². The van der Waals surface area contributed by atoms with Crippen molar-refractivity contribution in [1.29, 1.82) is 5.26 Å². The molecule has 162 valence electrons. The molecule has 9 heteroatoms. The second-order valence-electron chi connectivity index (χ2n) is 7.56. The van der Waals surface area contributed by atoms with E-state index in [9.17, 15) is 13.2 Å². The molecule has 2 heterocycles. The van der Waals surface area contributed by atoms with Crippen LogP contribution in [0.15, 0.2) is 53.4 Å². The second kappa shape index (κ2) is 8.96. The minimum atomic E-state index is -3.64. The summed E-state index contributed by atoms with van der Waals surface area (Å²) in [5.74, 6) is 1.01. The van der Waals surface area contributed by atoms with Gasteiger partial charge in [-0.25, -0.2) is 8.42 Å². The van der Waals surface area contributed by atoms with Crippen LogP contribution >= 0.6 is 0 Å². The van der Waals surface area contributed by atoms with Crippen molar-refractivity contribution in [2.24, 2.45) is 5.92 Å². The molecular formula is C22H23N3O5S. The number of carbonyl (C=O) groups is 1. The number of nitrogens with zero attached hydrogens (tertiary/aromatic N) is 2. The van der Waals surface area contributed by atoms with Crippen molar-refractivity contribution in [3.63, 3.8) is 0 Å². The Hall–Kier alpha value is -3.09. The topological polar surface area (TPSA) is 109 Å². The van der Waals surface area contributed by atoms with Crippen LogP contribution in [0.2, 0.25) is 0 Å². The quantitative estimate of drug-likeness (QED) is 0.759. The summed E-state index contributed by atoms with van der Waals surface area (Å²) in [4.78, 5) is 12.7. The molecule has 1 amide bonds. The Kier molecular flexibility index (Phi) is 6.11. The summed E-state index contributed by atoms with van der Waals surface area (Å²) in [5, 5.41) is 11.8. The first-order valence-electron chi connectivity index (χ1n) is 10.1. The molecule has 1 atom stereocenters. The SMILES string of the molecule is N#Cc1ccc(S(=O)(=O)N2CCC(C(=O)NCC3COc4ccccc4O3)CC2)cc1. The van der Waals surface area contributed by atoms with Gasteiger partial charge in [-0.05, 0) is 49.2 Å². The van der Waals surface area contributed by atoms with Crippen LogP contribution in [0, 0.1) is 17.2 Å². The Bertz CT molecular complexity index is 1090. The Morgan fingerprint density at radius 2 is 1.77 bits per heavy atom. The summed E-state index contributed by atoms with van der Waals surface area (Å²) in [5.41, 5.74) is 0.408. The smallest absolute Gasteiger partial charge is 0.243 e. The lowest BCUT2D eigenvalue weighted by atomic mass is 9.97. The van der Waals surface area contributed by atoms with E-state index >= 15 is 0 Å². The van der Waals surface area contributed by atoms with Crippen LogP contribution in [0.5, 0.6) is 11.5 Å². The van der Waals surface area contributed by atoms with Gasteiger partial charge >= 0.3 is 0 Å². The summed E-state index contributed by atoms with van der Waals surface area (Å²) in [6, 6.07) is 15.2. The van der Waals surface area contributed by atoms with Crippen molar-refractivity contribution in [1.82, 2.24) is 9.62 Å². The highest BCUT2D eigenvalue weighted by Crippen LogP contribution is 2.30. The van der Waals surface area contributed by atoms with Crippen molar-refractivity contribution in [2.75, 3.05) is 26.2 Å². The molecule has 2 aromatic carbocycles. The van der Waals surface area contributed by atoms with Crippen molar-refractivity contribution in [3.05, 3.63) is 54.1 Å². The van der Waals surface area contributed by atoms with E-state index in [2.05, 4.69) is 5.32 Å². The highest BCUT2D eigenvalue weighted by molar-refractivity contribution is 7.89. The fourth-order valence-corrected chi connectivity index (χ4v) is 5.20. The number of rotatable bonds is 5. The molecule has 4 rings (SSSR count). The summed E-state index contributed by atoms with van der Waals surface area (Å²) in [7, 11) is -3.64. The number of para-hydroxylation sites is 2. The maximum absolute atomic E-state index is 12.8. The van der Waals surface area contributed by atoms with Crippen LogP contribution in [0.4, 0.5) is 0 Å². The van der Waals surface area contributed by atoms with E-state index in [1.807, 2.05) is 30.3 Å². The zero-order chi connectivity index (χ0) is 21.8. The lowest BCUT2D eigenvalue weighted by Crippen LogP contribution is -2.46. The lowest BCUT2D eigenvalue weighted by Gasteiger charge is -2.31. The van der Waals surface area contributed by atoms with Crippen LogP contribution in [0.3, 0.4) is 0 Å². The fraction of sp³-hybridized carbons (Fsp3) is 0.364. The van der Waals surface area contributed by atoms with Gasteiger partial charge in [0, 0.05) is 19.0 Å². The molecule has 2 aliphatic rings. The largest absolute Gasteiger partial charge is 0.486 e. The summed E-state index contributed by atoms with van der Waals surface area (Å²) < 4.78 is 38.5. The van der Waals surface area contributed by atoms with Gasteiger partial charge in [0.2, 0.25) is 15.9 Å². The number of piperidine rings is 1. The number of benzene rings is 2. The number of fused-ring (bicyclic) bond motifs is 1. The summed E-state index contributed by atoms with van der Waals surface area (Å²) in [6.45, 7) is 1.24. The first kappa shape index (κ1) is 21.2. The van der Waals surface area contributed by atoms with Gasteiger partial charge in [-0.1, -0.05) is 12.1 Å². The standard InChI is InChI=1S/C22H23N3O5S/c23-13-16-5-7-19(8-6-16)31(27,28)25-11-9-17(10-12-25)22(26)24-14-18-15-29-20-3-1-2-4-21(20)30-18/h1-8,17-18H,9-12,14-15H2,(H,24,26). The zero-order valence-corrected chi connectivity index (χ0v) is 17.7. The molecule has 0 bridgehead atoms. The molecule has 0 spiro atoms. The van der Waals surface area contributed by atoms with Crippen LogP contribution in [-0.4, -0.2) is 51.0 Å². The molecule has 1 saturated heterocycles. The Balaban J connectivity index is 1.27. The Morgan fingerprint density at radius 3 is 2.45 bits per heavy atom. The van der Waals surface area contributed by atoms with Gasteiger partial charge in [0.15, 0.2) is 11.5 Å². The van der Waals surface area contributed by atoms with Gasteiger partial charge in [0.1, 0.15) is 12.7 Å². The third-order valence-electron chi connectivity index (χ3n) is 5.52. The predicted octanol–water partition coefficient (Wildman–Crippen LogP) is 1.92. The average molecular weight is 442 g/mol. The van der Waals surface area contributed by atoms with Gasteiger partial charge in [0.25, 0.3) is 0 Å². The van der Waals surface area contributed by atoms with Gasteiger partial charge in [-0.2, -0.15) is 9.57 Å². The predicted molar refractivity (Wildman–Crippen MR) is 112 cm³/mol. The van der Waals surface area contributed by atoms with Gasteiger partial charge in [-0.15, -0.1) is 0 Å². The highest BCUT2D eigenvalue weighted by atomic mass is 32.2. The fourth-order valence-electron chi connectivity index (χ4n) is 3.73. The first-order valence-corrected chi connectivity index (χ1v) is 11.6. The molecule has 0 radical (unpaired) electrons. The highest BCUT2D eigenvalue weighted by Gasteiger charge is 2.32. The third kappa shape index (κ3) is 4.65. The number of carbonyl (C=O) groups excluding carboxylic acids is 1. The average Bonchev–Trinajstić information content (AvgIpc) is 2.82. The van der Waals surface area contributed by atoms with Gasteiger partial charge in [-0.3, -0.25) is 4.79 Å². The number of nitriles is 1. The van der Waals surface area contributed by atoms with E-state index in [0.717, 1.165) is 0 Å². The number of hydrogen-bond donors (Lipinski definition) is 1. The molecule has 1 unspecified atom stereocenters. The van der Waals surface area contributed by atoms with E-state index in [0.29, 0.717) is 43.1 Å². The molecule has 1 fully saturated rings. The first-order chi connectivity index (χ1) is 15.0. The summed E-state index contributed by atoms with van der Waals surface area (Å²) >= 11 is 0. The maximum atomic E-state index is 12.8. The van der Waals surface area contributed by atoms with Crippen molar-refractivity contribution < 1.29 is 22.7 Å². The number of hydrogen-bond acceptors (Lipinski definition) is 6. The molecule has 8 nitrogen and oxygen atoms in total. The van der Waals surface area contributed by atoms with Crippen molar-refractivity contribution >= 4 is 15.9 Å². The van der Waals surface area contributed by atoms with Gasteiger partial charge in [0.05, 0.1) is 23.1 Å². The lowest BCUT2D eigenvalue weighted by molar-refractivity contribution is -0.126. The summed E-state index contributed by atoms with van der Waals surface area (Å²) in [6.07, 6.45) is 0.633. The molecule has 0 aliphatic carbocycles. The molecular weight excluding hydrogens is 418 g/mol. The van der Waals surface area contributed by atoms with E-state index in [4.69, 9.17) is 14.7 Å². The van der Waals surface area contributed by atoms with Crippen LogP contribution < -0.4 is 14.8 Å². The number of nitrogens with one attached hydrogen (secondary N) is 1. The Morgan fingerprint density at radius 1 is 1.10 bits per heavy atom. The number of sulfonamides is 1. The second-order valence-corrected chi connectivity index (χ2v) is 9.50. The maximum Gasteiger partial charge on any atom is 0.243 e. The molecule has 2 aliphatic heterocycles. The minimum Gasteiger partial charge on any atom is -0.486 e. The molecule has 0 aromatic heterocycles. The third-order valence-corrected chi connectivity index (χ3v) is 7.43. The van der Waals surface area contributed by atoms with Crippen molar-refractivity contribution in [2.45, 2.75) is 23.8 Å². The Labute approximate surface area is 181 Å². The van der Waals surface area contributed by atoms with Gasteiger partial charge < -0.3 is 14.8 Å². The zero-order valence-electron chi connectivity index (χ0n) is 16.9. The van der Waals surface area contributed by atoms with E-state index in [1.54, 1.807) is 0 Å². The van der Waals surface area contributed by atoms with Crippen LogP contribution in [-0.2, 0) is 14.8 Å². The molecule has 31 heavy (non-hydrogen) atoms. The van der Waals surface area contributed by atoms with E-state index < -0.39 is 10.0 Å². The van der Waals surface area contributed by atoms with E-state index in [-0.39, 0.29) is 35.9 Å². The monoisotopic (exact) mass is 441 g/mol. The minimum absolute atomic E-state index is 0.0992. The van der Waals surface area contributed by atoms with Crippen LogP contribution in [0.25, 0.3) is 0 Å².